The summed E-state index contributed by atoms with van der Waals surface area (Å²) in [6.07, 6.45) is 0.851. The van der Waals surface area contributed by atoms with Gasteiger partial charge in [-0.3, -0.25) is 9.69 Å². The molecule has 0 bridgehead atoms. The number of pyridine rings is 1. The molecule has 0 spiro atoms. The maximum Gasteiger partial charge on any atom is 0.252 e. The van der Waals surface area contributed by atoms with Crippen LogP contribution in [0.15, 0.2) is 47.3 Å². The van der Waals surface area contributed by atoms with Crippen molar-refractivity contribution in [2.24, 2.45) is 0 Å². The average molecular weight is 479 g/mol. The number of H-pyrrole nitrogens is 1. The molecule has 35 heavy (non-hydrogen) atoms. The van der Waals surface area contributed by atoms with E-state index in [2.05, 4.69) is 46.2 Å². The molecule has 2 aromatic heterocycles. The molecule has 0 atom stereocenters. The van der Waals surface area contributed by atoms with Crippen LogP contribution in [0.4, 0.5) is 4.39 Å². The normalized spacial score (nSPS) is 13.2. The first-order valence-corrected chi connectivity index (χ1v) is 11.5. The van der Waals surface area contributed by atoms with E-state index in [0.29, 0.717) is 48.0 Å². The number of fused-ring (bicyclic) bond motifs is 2. The third kappa shape index (κ3) is 4.74. The van der Waals surface area contributed by atoms with Crippen molar-refractivity contribution >= 4 is 10.9 Å². The van der Waals surface area contributed by atoms with Gasteiger partial charge in [-0.1, -0.05) is 19.1 Å². The molecule has 0 radical (unpaired) electrons. The lowest BCUT2D eigenvalue weighted by molar-refractivity contribution is 0.174. The second-order valence-electron chi connectivity index (χ2n) is 9.36. The van der Waals surface area contributed by atoms with Crippen LogP contribution in [-0.4, -0.2) is 36.9 Å². The predicted molar refractivity (Wildman–Crippen MR) is 127 cm³/mol. The summed E-state index contributed by atoms with van der Waals surface area (Å²) in [6.45, 7) is 7.64. The monoisotopic (exact) mass is 478 g/mol. The van der Waals surface area contributed by atoms with Crippen LogP contribution in [-0.2, 0) is 25.2 Å². The summed E-state index contributed by atoms with van der Waals surface area (Å²) in [5, 5.41) is 13.2. The number of aromatic amines is 1. The zero-order chi connectivity index (χ0) is 24.6. The highest BCUT2D eigenvalue weighted by molar-refractivity contribution is 5.83. The topological polar surface area (TPSA) is 98.2 Å². The second kappa shape index (κ2) is 9.10. The van der Waals surface area contributed by atoms with Crippen LogP contribution in [0.5, 0.6) is 11.5 Å². The summed E-state index contributed by atoms with van der Waals surface area (Å²) < 4.78 is 26.2. The van der Waals surface area contributed by atoms with Crippen molar-refractivity contribution < 1.29 is 13.9 Å². The first-order valence-electron chi connectivity index (χ1n) is 11.5. The lowest BCUT2D eigenvalue weighted by Crippen LogP contribution is -2.32. The summed E-state index contributed by atoms with van der Waals surface area (Å²) in [5.74, 6) is 1.67. The van der Waals surface area contributed by atoms with Crippen molar-refractivity contribution in [1.29, 1.82) is 0 Å². The molecule has 1 aliphatic heterocycles. The molecule has 1 aliphatic rings. The Morgan fingerprint density at radius 2 is 1.83 bits per heavy atom. The predicted octanol–water partition coefficient (Wildman–Crippen LogP) is 3.73. The fourth-order valence-electron chi connectivity index (χ4n) is 4.14. The van der Waals surface area contributed by atoms with Gasteiger partial charge < -0.3 is 14.5 Å². The number of halogens is 1. The molecular formula is C25H27FN6O3. The first kappa shape index (κ1) is 23.0. The molecule has 0 aliphatic carbocycles. The van der Waals surface area contributed by atoms with E-state index in [1.807, 2.05) is 16.8 Å². The Hall–Kier alpha value is -3.79. The largest absolute Gasteiger partial charge is 0.454 e. The van der Waals surface area contributed by atoms with Gasteiger partial charge in [0.25, 0.3) is 5.56 Å². The van der Waals surface area contributed by atoms with E-state index in [0.717, 1.165) is 17.4 Å². The molecule has 0 saturated heterocycles. The molecule has 9 nitrogen and oxygen atoms in total. The highest BCUT2D eigenvalue weighted by atomic mass is 19.1. The standard InChI is InChI=1S/C25H27FN6O3/c1-4-25(2,3)32-23(28-29-30-32)14-31(12-16-5-7-19(26)8-6-16)13-18-9-17-10-21-22(35-15-34-21)11-20(17)27-24(18)33/h5-11H,4,12-15H2,1-3H3,(H,27,33). The molecule has 0 saturated carbocycles. The first-order chi connectivity index (χ1) is 16.8. The summed E-state index contributed by atoms with van der Waals surface area (Å²) in [7, 11) is 0. The van der Waals surface area contributed by atoms with E-state index in [1.54, 1.807) is 18.2 Å². The number of tetrazole rings is 1. The summed E-state index contributed by atoms with van der Waals surface area (Å²) in [4.78, 5) is 18.0. The quantitative estimate of drug-likeness (QED) is 0.412. The highest BCUT2D eigenvalue weighted by Crippen LogP contribution is 2.35. The van der Waals surface area contributed by atoms with E-state index >= 15 is 0 Å². The van der Waals surface area contributed by atoms with Gasteiger partial charge in [0.15, 0.2) is 17.3 Å². The molecule has 4 aromatic rings. The van der Waals surface area contributed by atoms with E-state index in [4.69, 9.17) is 9.47 Å². The summed E-state index contributed by atoms with van der Waals surface area (Å²) in [5.41, 5.74) is 1.74. The van der Waals surface area contributed by atoms with Crippen LogP contribution in [0.2, 0.25) is 0 Å². The van der Waals surface area contributed by atoms with Crippen LogP contribution >= 0.6 is 0 Å². The average Bonchev–Trinajstić information content (AvgIpc) is 3.49. The Bertz CT molecular complexity index is 1410. The number of ether oxygens (including phenoxy) is 2. The maximum atomic E-state index is 13.5. The Morgan fingerprint density at radius 1 is 1.09 bits per heavy atom. The third-order valence-electron chi connectivity index (χ3n) is 6.47. The van der Waals surface area contributed by atoms with Gasteiger partial charge in [0.1, 0.15) is 5.82 Å². The van der Waals surface area contributed by atoms with Crippen LogP contribution in [0.3, 0.4) is 0 Å². The molecule has 0 amide bonds. The maximum absolute atomic E-state index is 13.5. The molecule has 3 heterocycles. The van der Waals surface area contributed by atoms with Crippen molar-refractivity contribution in [3.8, 4) is 11.5 Å². The van der Waals surface area contributed by atoms with E-state index < -0.39 is 0 Å². The van der Waals surface area contributed by atoms with Crippen molar-refractivity contribution in [2.45, 2.75) is 52.4 Å². The van der Waals surface area contributed by atoms with Crippen molar-refractivity contribution in [1.82, 2.24) is 30.1 Å². The number of nitrogens with zero attached hydrogens (tertiary/aromatic N) is 5. The molecule has 0 fully saturated rings. The zero-order valence-electron chi connectivity index (χ0n) is 19.9. The third-order valence-corrected chi connectivity index (χ3v) is 6.47. The number of hydrogen-bond donors (Lipinski definition) is 1. The van der Waals surface area contributed by atoms with Gasteiger partial charge >= 0.3 is 0 Å². The van der Waals surface area contributed by atoms with E-state index in [-0.39, 0.29) is 23.7 Å². The number of hydrogen-bond acceptors (Lipinski definition) is 7. The number of benzene rings is 2. The van der Waals surface area contributed by atoms with Crippen LogP contribution in [0.25, 0.3) is 10.9 Å². The van der Waals surface area contributed by atoms with Crippen LogP contribution in [0, 0.1) is 5.82 Å². The lowest BCUT2D eigenvalue weighted by atomic mass is 10.0. The number of aromatic nitrogens is 5. The Balaban J connectivity index is 1.48. The smallest absolute Gasteiger partial charge is 0.252 e. The SMILES string of the molecule is CCC(C)(C)n1nnnc1CN(Cc1ccc(F)cc1)Cc1cc2cc3c(cc2[nH]c1=O)OCO3. The highest BCUT2D eigenvalue weighted by Gasteiger charge is 2.25. The van der Waals surface area contributed by atoms with Gasteiger partial charge in [-0.25, -0.2) is 9.07 Å². The van der Waals surface area contributed by atoms with E-state index in [1.165, 1.54) is 12.1 Å². The number of nitrogens with one attached hydrogen (secondary N) is 1. The molecule has 2 aromatic carbocycles. The molecular weight excluding hydrogens is 451 g/mol. The summed E-state index contributed by atoms with van der Waals surface area (Å²) in [6, 6.07) is 11.9. The Morgan fingerprint density at radius 3 is 2.57 bits per heavy atom. The van der Waals surface area contributed by atoms with Crippen molar-refractivity contribution in [3.63, 3.8) is 0 Å². The molecule has 182 valence electrons. The lowest BCUT2D eigenvalue weighted by Gasteiger charge is -2.27. The molecule has 10 heteroatoms. The Kier molecular flexibility index (Phi) is 5.98. The van der Waals surface area contributed by atoms with Crippen LogP contribution in [0.1, 0.15) is 44.1 Å². The van der Waals surface area contributed by atoms with Gasteiger partial charge in [0, 0.05) is 30.1 Å². The van der Waals surface area contributed by atoms with Crippen molar-refractivity contribution in [2.75, 3.05) is 6.79 Å². The van der Waals surface area contributed by atoms with Crippen LogP contribution < -0.4 is 15.0 Å². The molecule has 5 rings (SSSR count). The van der Waals surface area contributed by atoms with E-state index in [9.17, 15) is 9.18 Å². The minimum absolute atomic E-state index is 0.164. The van der Waals surface area contributed by atoms with Gasteiger partial charge in [-0.05, 0) is 60.5 Å². The molecule has 0 unspecified atom stereocenters. The minimum Gasteiger partial charge on any atom is -0.454 e. The van der Waals surface area contributed by atoms with Gasteiger partial charge in [-0.15, -0.1) is 5.10 Å². The minimum atomic E-state index is -0.293. The van der Waals surface area contributed by atoms with Gasteiger partial charge in [0.2, 0.25) is 6.79 Å². The van der Waals surface area contributed by atoms with Gasteiger partial charge in [0.05, 0.1) is 17.6 Å². The molecule has 1 N–H and O–H groups in total. The second-order valence-corrected chi connectivity index (χ2v) is 9.36. The fraction of sp³-hybridized carbons (Fsp3) is 0.360. The van der Waals surface area contributed by atoms with Gasteiger partial charge in [-0.2, -0.15) is 0 Å². The fourth-order valence-corrected chi connectivity index (χ4v) is 4.14. The van der Waals surface area contributed by atoms with Crippen molar-refractivity contribution in [3.05, 3.63) is 75.6 Å². The Labute approximate surface area is 201 Å². The summed E-state index contributed by atoms with van der Waals surface area (Å²) >= 11 is 0. The number of rotatable bonds is 8. The zero-order valence-corrected chi connectivity index (χ0v) is 19.9.